The Labute approximate surface area is 142 Å². The SMILES string of the molecule is O=C(CCSCc1ccco1)Nc1nc(-c2ccccc2)cs1. The topological polar surface area (TPSA) is 55.1 Å². The van der Waals surface area contributed by atoms with Crippen molar-refractivity contribution in [1.29, 1.82) is 0 Å². The van der Waals surface area contributed by atoms with E-state index in [4.69, 9.17) is 4.42 Å². The Morgan fingerprint density at radius 3 is 2.87 bits per heavy atom. The third-order valence-electron chi connectivity index (χ3n) is 3.12. The Bertz CT molecular complexity index is 739. The molecule has 0 aliphatic heterocycles. The van der Waals surface area contributed by atoms with Gasteiger partial charge in [-0.1, -0.05) is 30.3 Å². The minimum Gasteiger partial charge on any atom is -0.468 e. The first-order valence-corrected chi connectivity index (χ1v) is 9.25. The highest BCUT2D eigenvalue weighted by Gasteiger charge is 2.08. The number of amides is 1. The highest BCUT2D eigenvalue weighted by molar-refractivity contribution is 7.98. The summed E-state index contributed by atoms with van der Waals surface area (Å²) in [4.78, 5) is 16.4. The van der Waals surface area contributed by atoms with Gasteiger partial charge in [0.2, 0.25) is 5.91 Å². The van der Waals surface area contributed by atoms with Gasteiger partial charge in [0.25, 0.3) is 0 Å². The molecule has 3 rings (SSSR count). The maximum Gasteiger partial charge on any atom is 0.226 e. The molecule has 2 heterocycles. The molecule has 0 saturated heterocycles. The van der Waals surface area contributed by atoms with Crippen molar-refractivity contribution in [3.8, 4) is 11.3 Å². The number of thioether (sulfide) groups is 1. The van der Waals surface area contributed by atoms with Crippen LogP contribution in [0.3, 0.4) is 0 Å². The maximum absolute atomic E-state index is 11.9. The lowest BCUT2D eigenvalue weighted by molar-refractivity contribution is -0.115. The summed E-state index contributed by atoms with van der Waals surface area (Å²) in [5.41, 5.74) is 1.94. The van der Waals surface area contributed by atoms with E-state index < -0.39 is 0 Å². The Kier molecular flexibility index (Phi) is 5.50. The number of anilines is 1. The van der Waals surface area contributed by atoms with E-state index in [1.54, 1.807) is 18.0 Å². The molecule has 1 amide bonds. The first-order valence-electron chi connectivity index (χ1n) is 7.22. The summed E-state index contributed by atoms with van der Waals surface area (Å²) in [6.45, 7) is 0. The molecule has 0 unspecified atom stereocenters. The number of furan rings is 1. The summed E-state index contributed by atoms with van der Waals surface area (Å²) in [5.74, 6) is 2.47. The summed E-state index contributed by atoms with van der Waals surface area (Å²) in [6, 6.07) is 13.7. The van der Waals surface area contributed by atoms with Crippen LogP contribution in [0.5, 0.6) is 0 Å². The fraction of sp³-hybridized carbons (Fsp3) is 0.176. The average Bonchev–Trinajstić information content (AvgIpc) is 3.24. The van der Waals surface area contributed by atoms with Crippen LogP contribution in [-0.4, -0.2) is 16.6 Å². The van der Waals surface area contributed by atoms with Gasteiger partial charge in [-0.05, 0) is 12.1 Å². The normalized spacial score (nSPS) is 10.6. The van der Waals surface area contributed by atoms with Gasteiger partial charge in [-0.3, -0.25) is 4.79 Å². The van der Waals surface area contributed by atoms with E-state index in [0.29, 0.717) is 11.6 Å². The van der Waals surface area contributed by atoms with E-state index in [9.17, 15) is 4.79 Å². The summed E-state index contributed by atoms with van der Waals surface area (Å²) in [5, 5.41) is 5.46. The van der Waals surface area contributed by atoms with E-state index in [-0.39, 0.29) is 5.91 Å². The van der Waals surface area contributed by atoms with E-state index in [2.05, 4.69) is 10.3 Å². The molecule has 6 heteroatoms. The number of nitrogens with one attached hydrogen (secondary N) is 1. The molecule has 0 radical (unpaired) electrons. The smallest absolute Gasteiger partial charge is 0.226 e. The second kappa shape index (κ2) is 7.99. The van der Waals surface area contributed by atoms with Gasteiger partial charge in [-0.25, -0.2) is 4.98 Å². The quantitative estimate of drug-likeness (QED) is 0.633. The number of rotatable bonds is 7. The predicted octanol–water partition coefficient (Wildman–Crippen LogP) is 4.67. The summed E-state index contributed by atoms with van der Waals surface area (Å²) in [7, 11) is 0. The molecule has 0 saturated carbocycles. The van der Waals surface area contributed by atoms with Crippen molar-refractivity contribution in [3.63, 3.8) is 0 Å². The predicted molar refractivity (Wildman–Crippen MR) is 95.7 cm³/mol. The molecule has 0 aliphatic carbocycles. The highest BCUT2D eigenvalue weighted by atomic mass is 32.2. The zero-order chi connectivity index (χ0) is 15.9. The van der Waals surface area contributed by atoms with Crippen LogP contribution in [0.15, 0.2) is 58.5 Å². The fourth-order valence-corrected chi connectivity index (χ4v) is 3.56. The van der Waals surface area contributed by atoms with Crippen molar-refractivity contribution >= 4 is 34.1 Å². The van der Waals surface area contributed by atoms with Crippen LogP contribution < -0.4 is 5.32 Å². The average molecular weight is 344 g/mol. The zero-order valence-corrected chi connectivity index (χ0v) is 14.0. The lowest BCUT2D eigenvalue weighted by Crippen LogP contribution is -2.12. The molecule has 118 valence electrons. The molecule has 0 atom stereocenters. The lowest BCUT2D eigenvalue weighted by Gasteiger charge is -2.01. The first-order chi connectivity index (χ1) is 11.3. The lowest BCUT2D eigenvalue weighted by atomic mass is 10.2. The maximum atomic E-state index is 11.9. The van der Waals surface area contributed by atoms with Gasteiger partial charge in [0.05, 0.1) is 17.7 Å². The molecule has 1 aromatic carbocycles. The fourth-order valence-electron chi connectivity index (χ4n) is 1.99. The number of nitrogens with zero attached hydrogens (tertiary/aromatic N) is 1. The number of thiazole rings is 1. The monoisotopic (exact) mass is 344 g/mol. The Morgan fingerprint density at radius 2 is 2.09 bits per heavy atom. The molecular weight excluding hydrogens is 328 g/mol. The minimum absolute atomic E-state index is 0.00842. The van der Waals surface area contributed by atoms with Gasteiger partial charge in [0, 0.05) is 23.1 Å². The first kappa shape index (κ1) is 15.8. The molecule has 4 nitrogen and oxygen atoms in total. The number of carbonyl (C=O) groups excluding carboxylic acids is 1. The van der Waals surface area contributed by atoms with Crippen molar-refractivity contribution in [2.75, 3.05) is 11.1 Å². The molecule has 0 aliphatic rings. The zero-order valence-electron chi connectivity index (χ0n) is 12.4. The number of hydrogen-bond acceptors (Lipinski definition) is 5. The van der Waals surface area contributed by atoms with Crippen LogP contribution in [0.25, 0.3) is 11.3 Å². The third-order valence-corrected chi connectivity index (χ3v) is 4.86. The van der Waals surface area contributed by atoms with Crippen LogP contribution in [0.1, 0.15) is 12.2 Å². The van der Waals surface area contributed by atoms with Gasteiger partial charge in [0.15, 0.2) is 5.13 Å². The van der Waals surface area contributed by atoms with Crippen LogP contribution in [0.4, 0.5) is 5.13 Å². The van der Waals surface area contributed by atoms with Crippen LogP contribution in [0.2, 0.25) is 0 Å². The Morgan fingerprint density at radius 1 is 1.22 bits per heavy atom. The van der Waals surface area contributed by atoms with Gasteiger partial charge >= 0.3 is 0 Å². The third kappa shape index (κ3) is 4.71. The molecule has 1 N–H and O–H groups in total. The van der Waals surface area contributed by atoms with Crippen molar-refractivity contribution in [1.82, 2.24) is 4.98 Å². The van der Waals surface area contributed by atoms with Crippen molar-refractivity contribution in [3.05, 3.63) is 59.9 Å². The van der Waals surface area contributed by atoms with Crippen LogP contribution >= 0.6 is 23.1 Å². The number of hydrogen-bond donors (Lipinski definition) is 1. The standard InChI is InChI=1S/C17H16N2O2S2/c20-16(8-10-22-11-14-7-4-9-21-14)19-17-18-15(12-23-17)13-5-2-1-3-6-13/h1-7,9,12H,8,10-11H2,(H,18,19,20). The van der Waals surface area contributed by atoms with E-state index in [1.165, 1.54) is 11.3 Å². The molecule has 0 fully saturated rings. The molecule has 0 bridgehead atoms. The largest absolute Gasteiger partial charge is 0.468 e. The van der Waals surface area contributed by atoms with Gasteiger partial charge in [-0.15, -0.1) is 11.3 Å². The van der Waals surface area contributed by atoms with E-state index in [1.807, 2.05) is 47.8 Å². The van der Waals surface area contributed by atoms with E-state index >= 15 is 0 Å². The van der Waals surface area contributed by atoms with E-state index in [0.717, 1.165) is 28.5 Å². The van der Waals surface area contributed by atoms with Crippen molar-refractivity contribution in [2.24, 2.45) is 0 Å². The number of benzene rings is 1. The van der Waals surface area contributed by atoms with Crippen molar-refractivity contribution in [2.45, 2.75) is 12.2 Å². The minimum atomic E-state index is -0.00842. The molecule has 23 heavy (non-hydrogen) atoms. The second-order valence-electron chi connectivity index (χ2n) is 4.83. The second-order valence-corrected chi connectivity index (χ2v) is 6.80. The van der Waals surface area contributed by atoms with Gasteiger partial charge in [0.1, 0.15) is 5.76 Å². The molecule has 3 aromatic rings. The Balaban J connectivity index is 1.44. The molecule has 2 aromatic heterocycles. The summed E-state index contributed by atoms with van der Waals surface area (Å²) >= 11 is 3.13. The summed E-state index contributed by atoms with van der Waals surface area (Å²) in [6.07, 6.45) is 2.13. The molecular formula is C17H16N2O2S2. The Hall–Kier alpha value is -2.05. The summed E-state index contributed by atoms with van der Waals surface area (Å²) < 4.78 is 5.25. The number of aromatic nitrogens is 1. The van der Waals surface area contributed by atoms with Crippen LogP contribution in [-0.2, 0) is 10.5 Å². The van der Waals surface area contributed by atoms with Crippen molar-refractivity contribution < 1.29 is 9.21 Å². The van der Waals surface area contributed by atoms with Gasteiger partial charge < -0.3 is 9.73 Å². The molecule has 0 spiro atoms. The number of carbonyl (C=O) groups is 1. The van der Waals surface area contributed by atoms with Crippen LogP contribution in [0, 0.1) is 0 Å². The van der Waals surface area contributed by atoms with Gasteiger partial charge in [-0.2, -0.15) is 11.8 Å². The highest BCUT2D eigenvalue weighted by Crippen LogP contribution is 2.24.